The smallest absolute Gasteiger partial charge is 0.328 e. The first-order valence-corrected chi connectivity index (χ1v) is 5.19. The molecule has 0 saturated heterocycles. The number of carbonyl (C=O) groups excluding carboxylic acids is 1. The topological polar surface area (TPSA) is 88.8 Å². The summed E-state index contributed by atoms with van der Waals surface area (Å²) in [5, 5.41) is 11.2. The fraction of sp³-hybridized carbons (Fsp3) is 0.455. The average molecular weight is 241 g/mol. The summed E-state index contributed by atoms with van der Waals surface area (Å²) in [6.45, 7) is 1.76. The van der Waals surface area contributed by atoms with Crippen LogP contribution in [0.1, 0.15) is 23.0 Å². The molecule has 0 aromatic carbocycles. The number of methoxy groups -OCH3 is 1. The van der Waals surface area contributed by atoms with E-state index in [2.05, 4.69) is 5.32 Å². The lowest BCUT2D eigenvalue weighted by Crippen LogP contribution is -2.43. The second kappa shape index (κ2) is 6.05. The second-order valence-electron chi connectivity index (χ2n) is 3.43. The summed E-state index contributed by atoms with van der Waals surface area (Å²) in [7, 11) is 1.37. The average Bonchev–Trinajstić information content (AvgIpc) is 2.76. The number of nitrogens with one attached hydrogen (secondary N) is 1. The lowest BCUT2D eigenvalue weighted by molar-refractivity contribution is -0.140. The van der Waals surface area contributed by atoms with Crippen LogP contribution in [0.15, 0.2) is 16.7 Å². The van der Waals surface area contributed by atoms with Crippen LogP contribution in [0.2, 0.25) is 0 Å². The van der Waals surface area contributed by atoms with E-state index in [-0.39, 0.29) is 6.61 Å². The summed E-state index contributed by atoms with van der Waals surface area (Å²) in [5.74, 6) is -1.08. The third-order valence-corrected chi connectivity index (χ3v) is 2.25. The van der Waals surface area contributed by atoms with Gasteiger partial charge in [0.05, 0.1) is 18.4 Å². The van der Waals surface area contributed by atoms with E-state index in [1.807, 2.05) is 6.92 Å². The SMILES string of the molecule is CCc1occc1C(=O)NC(COC)C(=O)O. The van der Waals surface area contributed by atoms with Crippen molar-refractivity contribution in [3.63, 3.8) is 0 Å². The molecule has 0 spiro atoms. The highest BCUT2D eigenvalue weighted by molar-refractivity contribution is 5.97. The summed E-state index contributed by atoms with van der Waals surface area (Å²) in [4.78, 5) is 22.6. The van der Waals surface area contributed by atoms with Crippen molar-refractivity contribution >= 4 is 11.9 Å². The van der Waals surface area contributed by atoms with Crippen LogP contribution >= 0.6 is 0 Å². The fourth-order valence-corrected chi connectivity index (χ4v) is 1.39. The van der Waals surface area contributed by atoms with Gasteiger partial charge in [0, 0.05) is 13.5 Å². The van der Waals surface area contributed by atoms with Crippen LogP contribution in [0.25, 0.3) is 0 Å². The van der Waals surface area contributed by atoms with Gasteiger partial charge in [-0.2, -0.15) is 0 Å². The first kappa shape index (κ1) is 13.2. The van der Waals surface area contributed by atoms with Gasteiger partial charge in [-0.3, -0.25) is 4.79 Å². The van der Waals surface area contributed by atoms with Gasteiger partial charge in [-0.05, 0) is 6.07 Å². The zero-order valence-corrected chi connectivity index (χ0v) is 9.73. The highest BCUT2D eigenvalue weighted by Crippen LogP contribution is 2.11. The number of hydrogen-bond donors (Lipinski definition) is 2. The van der Waals surface area contributed by atoms with E-state index in [1.165, 1.54) is 19.4 Å². The van der Waals surface area contributed by atoms with E-state index in [4.69, 9.17) is 14.3 Å². The van der Waals surface area contributed by atoms with Crippen LogP contribution in [0.5, 0.6) is 0 Å². The molecule has 6 nitrogen and oxygen atoms in total. The molecule has 17 heavy (non-hydrogen) atoms. The molecule has 1 rings (SSSR count). The van der Waals surface area contributed by atoms with Crippen LogP contribution in [-0.2, 0) is 16.0 Å². The van der Waals surface area contributed by atoms with E-state index in [1.54, 1.807) is 0 Å². The largest absolute Gasteiger partial charge is 0.480 e. The van der Waals surface area contributed by atoms with Crippen LogP contribution in [0.4, 0.5) is 0 Å². The Kier molecular flexibility index (Phi) is 4.71. The van der Waals surface area contributed by atoms with Crippen molar-refractivity contribution in [2.45, 2.75) is 19.4 Å². The van der Waals surface area contributed by atoms with E-state index in [0.29, 0.717) is 17.7 Å². The third kappa shape index (κ3) is 3.32. The molecule has 0 aliphatic heterocycles. The Labute approximate surface area is 98.6 Å². The maximum Gasteiger partial charge on any atom is 0.328 e. The highest BCUT2D eigenvalue weighted by Gasteiger charge is 2.22. The van der Waals surface area contributed by atoms with Crippen molar-refractivity contribution in [3.8, 4) is 0 Å². The molecular weight excluding hydrogens is 226 g/mol. The first-order chi connectivity index (χ1) is 8.10. The molecular formula is C11H15NO5. The highest BCUT2D eigenvalue weighted by atomic mass is 16.5. The van der Waals surface area contributed by atoms with Crippen LogP contribution in [0.3, 0.4) is 0 Å². The summed E-state index contributed by atoms with van der Waals surface area (Å²) in [5.41, 5.74) is 0.356. The number of ether oxygens (including phenoxy) is 1. The van der Waals surface area contributed by atoms with E-state index in [9.17, 15) is 9.59 Å². The first-order valence-electron chi connectivity index (χ1n) is 5.19. The molecule has 1 atom stereocenters. The van der Waals surface area contributed by atoms with Gasteiger partial charge in [0.2, 0.25) is 0 Å². The van der Waals surface area contributed by atoms with Crippen molar-refractivity contribution in [1.29, 1.82) is 0 Å². The summed E-state index contributed by atoms with van der Waals surface area (Å²) >= 11 is 0. The molecule has 0 fully saturated rings. The monoisotopic (exact) mass is 241 g/mol. The lowest BCUT2D eigenvalue weighted by Gasteiger charge is -2.13. The van der Waals surface area contributed by atoms with Crippen LogP contribution in [-0.4, -0.2) is 36.7 Å². The molecule has 1 aromatic heterocycles. The summed E-state index contributed by atoms with van der Waals surface area (Å²) in [6, 6.07) is 0.451. The molecule has 0 bridgehead atoms. The van der Waals surface area contributed by atoms with Crippen LogP contribution in [0, 0.1) is 0 Å². The molecule has 0 aliphatic carbocycles. The Bertz CT molecular complexity index is 398. The maximum absolute atomic E-state index is 11.8. The fourth-order valence-electron chi connectivity index (χ4n) is 1.39. The molecule has 6 heteroatoms. The molecule has 2 N–H and O–H groups in total. The van der Waals surface area contributed by atoms with Gasteiger partial charge in [-0.15, -0.1) is 0 Å². The molecule has 0 radical (unpaired) electrons. The zero-order valence-electron chi connectivity index (χ0n) is 9.73. The Morgan fingerprint density at radius 2 is 2.29 bits per heavy atom. The van der Waals surface area contributed by atoms with Crippen molar-refractivity contribution in [2.75, 3.05) is 13.7 Å². The molecule has 1 aromatic rings. The second-order valence-corrected chi connectivity index (χ2v) is 3.43. The van der Waals surface area contributed by atoms with Crippen molar-refractivity contribution in [1.82, 2.24) is 5.32 Å². The quantitative estimate of drug-likeness (QED) is 0.764. The Balaban J connectivity index is 2.73. The number of carboxylic acid groups (broad SMARTS) is 1. The van der Waals surface area contributed by atoms with Gasteiger partial charge in [0.1, 0.15) is 5.76 Å². The Hall–Kier alpha value is -1.82. The van der Waals surface area contributed by atoms with Crippen LogP contribution < -0.4 is 5.32 Å². The lowest BCUT2D eigenvalue weighted by atomic mass is 10.2. The van der Waals surface area contributed by atoms with Gasteiger partial charge in [-0.25, -0.2) is 4.79 Å². The predicted molar refractivity (Wildman–Crippen MR) is 58.9 cm³/mol. The van der Waals surface area contributed by atoms with Crippen molar-refractivity contribution < 1.29 is 23.8 Å². The van der Waals surface area contributed by atoms with E-state index in [0.717, 1.165) is 0 Å². The minimum atomic E-state index is -1.14. The number of furan rings is 1. The van der Waals surface area contributed by atoms with E-state index >= 15 is 0 Å². The van der Waals surface area contributed by atoms with Gasteiger partial charge in [-0.1, -0.05) is 6.92 Å². The van der Waals surface area contributed by atoms with Gasteiger partial charge < -0.3 is 19.6 Å². The molecule has 1 unspecified atom stereocenters. The molecule has 0 saturated carbocycles. The van der Waals surface area contributed by atoms with Gasteiger partial charge in [0.15, 0.2) is 6.04 Å². The molecule has 0 aliphatic rings. The number of carbonyl (C=O) groups is 2. The Morgan fingerprint density at radius 1 is 1.59 bits per heavy atom. The Morgan fingerprint density at radius 3 is 2.82 bits per heavy atom. The number of carboxylic acids is 1. The summed E-state index contributed by atoms with van der Waals surface area (Å²) < 4.78 is 9.82. The number of aliphatic carboxylic acids is 1. The number of aryl methyl sites for hydroxylation is 1. The number of amides is 1. The molecule has 94 valence electrons. The zero-order chi connectivity index (χ0) is 12.8. The maximum atomic E-state index is 11.8. The summed E-state index contributed by atoms with van der Waals surface area (Å²) in [6.07, 6.45) is 1.97. The molecule has 1 heterocycles. The number of hydrogen-bond acceptors (Lipinski definition) is 4. The predicted octanol–water partition coefficient (Wildman–Crippen LogP) is 0.671. The third-order valence-electron chi connectivity index (χ3n) is 2.25. The minimum Gasteiger partial charge on any atom is -0.480 e. The van der Waals surface area contributed by atoms with Gasteiger partial charge >= 0.3 is 5.97 Å². The van der Waals surface area contributed by atoms with Gasteiger partial charge in [0.25, 0.3) is 5.91 Å². The normalized spacial score (nSPS) is 12.1. The van der Waals surface area contributed by atoms with E-state index < -0.39 is 17.9 Å². The molecule has 1 amide bonds. The minimum absolute atomic E-state index is 0.0830. The van der Waals surface area contributed by atoms with Crippen molar-refractivity contribution in [2.24, 2.45) is 0 Å². The van der Waals surface area contributed by atoms with Crippen molar-refractivity contribution in [3.05, 3.63) is 23.7 Å². The number of rotatable bonds is 6. The standard InChI is InChI=1S/C11H15NO5/c1-3-9-7(4-5-17-9)10(13)12-8(6-16-2)11(14)15/h4-5,8H,3,6H2,1-2H3,(H,12,13)(H,14,15).